The molecule has 0 unspecified atom stereocenters. The molecule has 0 fully saturated rings. The van der Waals surface area contributed by atoms with Gasteiger partial charge in [-0.05, 0) is 30.2 Å². The van der Waals surface area contributed by atoms with E-state index in [1.807, 2.05) is 51.9 Å². The second-order valence-corrected chi connectivity index (χ2v) is 6.81. The topological polar surface area (TPSA) is 60.2 Å². The third-order valence-electron chi connectivity index (χ3n) is 4.37. The Balaban J connectivity index is 1.50. The van der Waals surface area contributed by atoms with Crippen LogP contribution in [-0.4, -0.2) is 40.1 Å². The predicted octanol–water partition coefficient (Wildman–Crippen LogP) is 2.96. The minimum Gasteiger partial charge on any atom is -0.495 e. The van der Waals surface area contributed by atoms with Gasteiger partial charge in [0.2, 0.25) is 5.91 Å². The predicted molar refractivity (Wildman–Crippen MR) is 101 cm³/mol. The molecule has 7 heteroatoms. The molecular weight excluding hydrogens is 348 g/mol. The fourth-order valence-corrected chi connectivity index (χ4v) is 3.92. The lowest BCUT2D eigenvalue weighted by atomic mass is 10.2. The van der Waals surface area contributed by atoms with Crippen molar-refractivity contribution in [1.29, 1.82) is 0 Å². The number of nitrogens with zero attached hydrogens (tertiary/aromatic N) is 4. The molecule has 1 aromatic heterocycles. The Morgan fingerprint density at radius 1 is 1.15 bits per heavy atom. The number of anilines is 1. The van der Waals surface area contributed by atoms with E-state index in [2.05, 4.69) is 16.3 Å². The van der Waals surface area contributed by atoms with Gasteiger partial charge in [0.15, 0.2) is 5.16 Å². The van der Waals surface area contributed by atoms with Crippen molar-refractivity contribution >= 4 is 23.4 Å². The highest BCUT2D eigenvalue weighted by atomic mass is 32.2. The van der Waals surface area contributed by atoms with Crippen LogP contribution in [0.4, 0.5) is 5.69 Å². The van der Waals surface area contributed by atoms with Crippen LogP contribution >= 0.6 is 11.8 Å². The Morgan fingerprint density at radius 2 is 1.92 bits per heavy atom. The molecule has 132 valence electrons. The maximum absolute atomic E-state index is 12.7. The maximum atomic E-state index is 12.7. The van der Waals surface area contributed by atoms with Crippen LogP contribution in [0.1, 0.15) is 5.56 Å². The van der Waals surface area contributed by atoms with Crippen LogP contribution < -0.4 is 9.64 Å². The average molecular weight is 366 g/mol. The lowest BCUT2D eigenvalue weighted by Crippen LogP contribution is -2.30. The first kappa shape index (κ1) is 16.7. The zero-order chi connectivity index (χ0) is 17.9. The van der Waals surface area contributed by atoms with Gasteiger partial charge in [-0.15, -0.1) is 10.2 Å². The molecule has 0 N–H and O–H groups in total. The summed E-state index contributed by atoms with van der Waals surface area (Å²) in [7, 11) is 1.63. The van der Waals surface area contributed by atoms with Crippen molar-refractivity contribution in [3.63, 3.8) is 0 Å². The number of thioether (sulfide) groups is 1. The van der Waals surface area contributed by atoms with E-state index in [4.69, 9.17) is 4.74 Å². The van der Waals surface area contributed by atoms with E-state index in [0.29, 0.717) is 10.9 Å². The minimum atomic E-state index is 0.0783. The average Bonchev–Trinajstić information content (AvgIpc) is 3.33. The fraction of sp³-hybridized carbons (Fsp3) is 0.211. The van der Waals surface area contributed by atoms with Gasteiger partial charge in [0.1, 0.15) is 12.1 Å². The summed E-state index contributed by atoms with van der Waals surface area (Å²) in [6.07, 6.45) is 2.54. The zero-order valence-electron chi connectivity index (χ0n) is 14.3. The number of carbonyl (C=O) groups excluding carboxylic acids is 1. The van der Waals surface area contributed by atoms with Crippen molar-refractivity contribution in [3.8, 4) is 11.4 Å². The van der Waals surface area contributed by atoms with Crippen LogP contribution in [0, 0.1) is 0 Å². The molecule has 0 saturated carbocycles. The van der Waals surface area contributed by atoms with E-state index in [1.165, 1.54) is 17.3 Å². The van der Waals surface area contributed by atoms with Gasteiger partial charge in [-0.25, -0.2) is 0 Å². The van der Waals surface area contributed by atoms with Gasteiger partial charge in [0.05, 0.1) is 18.6 Å². The first-order chi connectivity index (χ1) is 12.8. The molecule has 0 saturated heterocycles. The molecule has 0 bridgehead atoms. The number of methoxy groups -OCH3 is 1. The van der Waals surface area contributed by atoms with Crippen molar-refractivity contribution in [1.82, 2.24) is 14.8 Å². The zero-order valence-corrected chi connectivity index (χ0v) is 15.1. The number of hydrogen-bond donors (Lipinski definition) is 0. The number of ether oxygens (including phenoxy) is 1. The van der Waals surface area contributed by atoms with Crippen LogP contribution in [0.25, 0.3) is 5.69 Å². The van der Waals surface area contributed by atoms with E-state index in [1.54, 1.807) is 13.4 Å². The van der Waals surface area contributed by atoms with Crippen LogP contribution in [-0.2, 0) is 11.2 Å². The lowest BCUT2D eigenvalue weighted by Gasteiger charge is -2.17. The van der Waals surface area contributed by atoms with Gasteiger partial charge >= 0.3 is 0 Å². The largest absolute Gasteiger partial charge is 0.495 e. The Kier molecular flexibility index (Phi) is 4.62. The molecular formula is C19H18N4O2S. The molecule has 1 aliphatic heterocycles. The summed E-state index contributed by atoms with van der Waals surface area (Å²) in [5.74, 6) is 1.12. The first-order valence-electron chi connectivity index (χ1n) is 8.32. The lowest BCUT2D eigenvalue weighted by molar-refractivity contribution is -0.116. The van der Waals surface area contributed by atoms with E-state index < -0.39 is 0 Å². The van der Waals surface area contributed by atoms with Crippen LogP contribution in [0.5, 0.6) is 5.75 Å². The van der Waals surface area contributed by atoms with Crippen LogP contribution in [0.3, 0.4) is 0 Å². The molecule has 1 aliphatic rings. The number of fused-ring (bicyclic) bond motifs is 1. The smallest absolute Gasteiger partial charge is 0.237 e. The highest BCUT2D eigenvalue weighted by Gasteiger charge is 2.24. The minimum absolute atomic E-state index is 0.0783. The number of carbonyl (C=O) groups is 1. The quantitative estimate of drug-likeness (QED) is 0.650. The second kappa shape index (κ2) is 7.21. The summed E-state index contributed by atoms with van der Waals surface area (Å²) in [5.41, 5.74) is 3.09. The summed E-state index contributed by atoms with van der Waals surface area (Å²) in [5, 5.41) is 8.82. The van der Waals surface area contributed by atoms with Gasteiger partial charge < -0.3 is 9.64 Å². The van der Waals surface area contributed by atoms with E-state index >= 15 is 0 Å². The Morgan fingerprint density at radius 3 is 2.77 bits per heavy atom. The molecule has 2 aromatic carbocycles. The second-order valence-electron chi connectivity index (χ2n) is 5.87. The van der Waals surface area contributed by atoms with Gasteiger partial charge in [-0.3, -0.25) is 9.36 Å². The van der Waals surface area contributed by atoms with Gasteiger partial charge in [-0.2, -0.15) is 0 Å². The van der Waals surface area contributed by atoms with Crippen molar-refractivity contribution < 1.29 is 9.53 Å². The van der Waals surface area contributed by atoms with E-state index in [0.717, 1.165) is 30.1 Å². The number of aromatic nitrogens is 3. The molecule has 6 nitrogen and oxygen atoms in total. The fourth-order valence-electron chi connectivity index (χ4n) is 3.12. The van der Waals surface area contributed by atoms with E-state index in [9.17, 15) is 4.79 Å². The van der Waals surface area contributed by atoms with E-state index in [-0.39, 0.29) is 5.91 Å². The van der Waals surface area contributed by atoms with Crippen molar-refractivity contribution in [2.45, 2.75) is 11.6 Å². The number of rotatable bonds is 5. The van der Waals surface area contributed by atoms with Crippen LogP contribution in [0.15, 0.2) is 60.0 Å². The standard InChI is InChI=1S/C19H18N4O2S/c1-25-17-9-5-4-8-16(17)23-13-20-21-19(23)26-12-18(24)22-11-10-14-6-2-3-7-15(14)22/h2-9,13H,10-12H2,1H3. The van der Waals surface area contributed by atoms with Gasteiger partial charge in [-0.1, -0.05) is 42.1 Å². The summed E-state index contributed by atoms with van der Waals surface area (Å²) in [6.45, 7) is 0.734. The number of hydrogen-bond acceptors (Lipinski definition) is 5. The molecule has 2 heterocycles. The normalized spacial score (nSPS) is 12.9. The Bertz CT molecular complexity index is 941. The summed E-state index contributed by atoms with van der Waals surface area (Å²) in [6, 6.07) is 15.7. The summed E-state index contributed by atoms with van der Waals surface area (Å²) in [4.78, 5) is 14.6. The first-order valence-corrected chi connectivity index (χ1v) is 9.31. The third-order valence-corrected chi connectivity index (χ3v) is 5.30. The van der Waals surface area contributed by atoms with Gasteiger partial charge in [0, 0.05) is 12.2 Å². The molecule has 0 aliphatic carbocycles. The molecule has 3 aromatic rings. The van der Waals surface area contributed by atoms with Crippen molar-refractivity contribution in [2.24, 2.45) is 0 Å². The monoisotopic (exact) mass is 366 g/mol. The SMILES string of the molecule is COc1ccccc1-n1cnnc1SCC(=O)N1CCc2ccccc21. The van der Waals surface area contributed by atoms with Crippen molar-refractivity contribution in [2.75, 3.05) is 24.3 Å². The number of benzene rings is 2. The molecule has 26 heavy (non-hydrogen) atoms. The maximum Gasteiger partial charge on any atom is 0.237 e. The number of amides is 1. The van der Waals surface area contributed by atoms with Gasteiger partial charge in [0.25, 0.3) is 0 Å². The molecule has 1 amide bonds. The molecule has 0 radical (unpaired) electrons. The molecule has 4 rings (SSSR count). The highest BCUT2D eigenvalue weighted by Crippen LogP contribution is 2.30. The Hall–Kier alpha value is -2.80. The summed E-state index contributed by atoms with van der Waals surface area (Å²) >= 11 is 1.38. The number of para-hydroxylation sites is 3. The molecule has 0 spiro atoms. The highest BCUT2D eigenvalue weighted by molar-refractivity contribution is 7.99. The Labute approximate surface area is 155 Å². The van der Waals surface area contributed by atoms with Crippen LogP contribution in [0.2, 0.25) is 0 Å². The third kappa shape index (κ3) is 3.06. The van der Waals surface area contributed by atoms with Crippen molar-refractivity contribution in [3.05, 3.63) is 60.4 Å². The molecule has 0 atom stereocenters. The summed E-state index contributed by atoms with van der Waals surface area (Å²) < 4.78 is 7.25.